The molecular weight excluding hydrogens is 314 g/mol. The number of aliphatic carboxylic acids is 1. The summed E-state index contributed by atoms with van der Waals surface area (Å²) in [6.07, 6.45) is 0.00557. The largest absolute Gasteiger partial charge is 0.481 e. The highest BCUT2D eigenvalue weighted by atomic mass is 32.2. The molecule has 0 aromatic carbocycles. The lowest BCUT2D eigenvalue weighted by Crippen LogP contribution is -2.50. The fourth-order valence-electron chi connectivity index (χ4n) is 2.32. The number of amides is 1. The summed E-state index contributed by atoms with van der Waals surface area (Å²) in [5, 5.41) is 11.6. The number of carbonyl (C=O) groups excluding carboxylic acids is 1. The Morgan fingerprint density at radius 1 is 1.23 bits per heavy atom. The Morgan fingerprint density at radius 2 is 1.82 bits per heavy atom. The van der Waals surface area contributed by atoms with Crippen LogP contribution in [0.2, 0.25) is 0 Å². The van der Waals surface area contributed by atoms with Crippen molar-refractivity contribution in [3.63, 3.8) is 0 Å². The maximum atomic E-state index is 11.8. The molecule has 3 atom stereocenters. The summed E-state index contributed by atoms with van der Waals surface area (Å²) in [6, 6.07) is -0.737. The molecule has 1 fully saturated rings. The van der Waals surface area contributed by atoms with E-state index < -0.39 is 45.8 Å². The Labute approximate surface area is 130 Å². The minimum absolute atomic E-state index is 0.0920. The Bertz CT molecular complexity index is 523. The van der Waals surface area contributed by atoms with Crippen LogP contribution in [0.3, 0.4) is 0 Å². The van der Waals surface area contributed by atoms with Gasteiger partial charge in [0.05, 0.1) is 24.3 Å². The number of hydrogen-bond acceptors (Lipinski definition) is 6. The van der Waals surface area contributed by atoms with E-state index in [0.29, 0.717) is 6.42 Å². The van der Waals surface area contributed by atoms with Gasteiger partial charge in [0.1, 0.15) is 5.60 Å². The Morgan fingerprint density at radius 3 is 2.27 bits per heavy atom. The average molecular weight is 337 g/mol. The van der Waals surface area contributed by atoms with Crippen molar-refractivity contribution in [1.82, 2.24) is 5.32 Å². The number of ether oxygens (including phenoxy) is 1. The van der Waals surface area contributed by atoms with Crippen molar-refractivity contribution < 1.29 is 32.0 Å². The van der Waals surface area contributed by atoms with Crippen LogP contribution >= 0.6 is 0 Å². The van der Waals surface area contributed by atoms with Gasteiger partial charge < -0.3 is 15.2 Å². The van der Waals surface area contributed by atoms with Crippen LogP contribution in [-0.2, 0) is 23.8 Å². The average Bonchev–Trinajstić information content (AvgIpc) is 2.26. The van der Waals surface area contributed by atoms with E-state index >= 15 is 0 Å². The van der Waals surface area contributed by atoms with Crippen LogP contribution in [0.15, 0.2) is 0 Å². The molecule has 0 spiro atoms. The second-order valence-electron chi connectivity index (χ2n) is 6.44. The molecule has 0 radical (unpaired) electrons. The number of carboxylic acid groups (broad SMARTS) is 1. The molecule has 1 rings (SSSR count). The first-order valence-corrected chi connectivity index (χ1v) is 8.79. The molecule has 1 saturated carbocycles. The van der Waals surface area contributed by atoms with Gasteiger partial charge in [-0.05, 0) is 40.0 Å². The van der Waals surface area contributed by atoms with E-state index in [0.717, 1.165) is 6.26 Å². The van der Waals surface area contributed by atoms with Gasteiger partial charge in [-0.15, -0.1) is 0 Å². The van der Waals surface area contributed by atoms with Crippen molar-refractivity contribution in [2.45, 2.75) is 57.8 Å². The summed E-state index contributed by atoms with van der Waals surface area (Å²) >= 11 is 0. The van der Waals surface area contributed by atoms with E-state index in [2.05, 4.69) is 5.32 Å². The number of carbonyl (C=O) groups is 2. The number of alkyl carbamates (subject to hydrolysis) is 1. The van der Waals surface area contributed by atoms with Gasteiger partial charge >= 0.3 is 12.1 Å². The predicted octanol–water partition coefficient (Wildman–Crippen LogP) is 1.11. The van der Waals surface area contributed by atoms with E-state index in [1.165, 1.54) is 0 Å². The van der Waals surface area contributed by atoms with E-state index in [9.17, 15) is 18.0 Å². The molecule has 1 aliphatic rings. The van der Waals surface area contributed by atoms with Crippen molar-refractivity contribution >= 4 is 22.2 Å². The van der Waals surface area contributed by atoms with Crippen LogP contribution in [0.4, 0.5) is 4.79 Å². The fourth-order valence-corrected chi connectivity index (χ4v) is 3.00. The Balaban J connectivity index is 2.80. The molecule has 2 N–H and O–H groups in total. The van der Waals surface area contributed by atoms with E-state index in [-0.39, 0.29) is 12.8 Å². The molecule has 8 nitrogen and oxygen atoms in total. The number of nitrogens with one attached hydrogen (secondary N) is 1. The molecule has 22 heavy (non-hydrogen) atoms. The third kappa shape index (κ3) is 6.61. The maximum absolute atomic E-state index is 11.8. The highest BCUT2D eigenvalue weighted by Crippen LogP contribution is 2.28. The van der Waals surface area contributed by atoms with Crippen LogP contribution in [0.1, 0.15) is 40.0 Å². The topological polar surface area (TPSA) is 119 Å². The predicted molar refractivity (Wildman–Crippen MR) is 77.9 cm³/mol. The van der Waals surface area contributed by atoms with Crippen LogP contribution < -0.4 is 5.32 Å². The van der Waals surface area contributed by atoms with Gasteiger partial charge in [0, 0.05) is 0 Å². The Kier molecular flexibility index (Phi) is 5.80. The second kappa shape index (κ2) is 6.82. The lowest BCUT2D eigenvalue weighted by atomic mass is 9.84. The molecular formula is C13H23NO7S. The lowest BCUT2D eigenvalue weighted by Gasteiger charge is -2.34. The zero-order valence-electron chi connectivity index (χ0n) is 13.2. The number of hydrogen-bond donors (Lipinski definition) is 2. The summed E-state index contributed by atoms with van der Waals surface area (Å²) in [4.78, 5) is 22.9. The monoisotopic (exact) mass is 337 g/mol. The van der Waals surface area contributed by atoms with Gasteiger partial charge in [0.25, 0.3) is 10.1 Å². The van der Waals surface area contributed by atoms with Gasteiger partial charge in [-0.3, -0.25) is 8.98 Å². The molecule has 1 amide bonds. The second-order valence-corrected chi connectivity index (χ2v) is 8.04. The van der Waals surface area contributed by atoms with Crippen LogP contribution in [0.25, 0.3) is 0 Å². The van der Waals surface area contributed by atoms with Gasteiger partial charge in [-0.25, -0.2) is 4.79 Å². The number of rotatable bonds is 4. The third-order valence-electron chi connectivity index (χ3n) is 3.14. The first-order chi connectivity index (χ1) is 9.87. The zero-order valence-corrected chi connectivity index (χ0v) is 14.0. The van der Waals surface area contributed by atoms with Crippen LogP contribution in [0.5, 0.6) is 0 Å². The smallest absolute Gasteiger partial charge is 0.407 e. The lowest BCUT2D eigenvalue weighted by molar-refractivity contribution is -0.143. The molecule has 0 heterocycles. The molecule has 0 aliphatic heterocycles. The standard InChI is InChI=1S/C13H23NO7S/c1-13(2,3)20-12(17)14-9-7-8(11(15)16)5-6-10(9)21-22(4,18)19/h8-10H,5-7H2,1-4H3,(H,14,17)(H,15,16)/t8-,9+,10+/m1/s1. The molecule has 0 aromatic rings. The molecule has 0 bridgehead atoms. The molecule has 0 unspecified atom stereocenters. The summed E-state index contributed by atoms with van der Waals surface area (Å²) in [5.41, 5.74) is -0.710. The zero-order chi connectivity index (χ0) is 17.1. The van der Waals surface area contributed by atoms with Gasteiger partial charge in [-0.1, -0.05) is 0 Å². The van der Waals surface area contributed by atoms with Crippen molar-refractivity contribution in [2.75, 3.05) is 6.26 Å². The summed E-state index contributed by atoms with van der Waals surface area (Å²) < 4.78 is 32.7. The van der Waals surface area contributed by atoms with Gasteiger partial charge in [0.15, 0.2) is 0 Å². The third-order valence-corrected chi connectivity index (χ3v) is 3.73. The molecule has 0 aromatic heterocycles. The highest BCUT2D eigenvalue weighted by Gasteiger charge is 2.37. The fraction of sp³-hybridized carbons (Fsp3) is 0.846. The van der Waals surface area contributed by atoms with E-state index in [4.69, 9.17) is 14.0 Å². The quantitative estimate of drug-likeness (QED) is 0.737. The maximum Gasteiger partial charge on any atom is 0.407 e. The molecule has 1 aliphatic carbocycles. The highest BCUT2D eigenvalue weighted by molar-refractivity contribution is 7.86. The Hall–Kier alpha value is -1.35. The van der Waals surface area contributed by atoms with Gasteiger partial charge in [0.2, 0.25) is 0 Å². The van der Waals surface area contributed by atoms with E-state index in [1.54, 1.807) is 20.8 Å². The van der Waals surface area contributed by atoms with Crippen molar-refractivity contribution in [1.29, 1.82) is 0 Å². The summed E-state index contributed by atoms with van der Waals surface area (Å²) in [5.74, 6) is -1.63. The van der Waals surface area contributed by atoms with Crippen LogP contribution in [-0.4, -0.2) is 49.6 Å². The minimum Gasteiger partial charge on any atom is -0.481 e. The van der Waals surface area contributed by atoms with Crippen molar-refractivity contribution in [2.24, 2.45) is 5.92 Å². The SMILES string of the molecule is CC(C)(C)OC(=O)N[C@H]1C[C@H](C(=O)O)CC[C@@H]1OS(C)(=O)=O. The van der Waals surface area contributed by atoms with Crippen LogP contribution in [0, 0.1) is 5.92 Å². The minimum atomic E-state index is -3.70. The van der Waals surface area contributed by atoms with Gasteiger partial charge in [-0.2, -0.15) is 8.42 Å². The normalized spacial score (nSPS) is 26.3. The molecule has 128 valence electrons. The van der Waals surface area contributed by atoms with Crippen molar-refractivity contribution in [3.8, 4) is 0 Å². The van der Waals surface area contributed by atoms with E-state index in [1.807, 2.05) is 0 Å². The molecule has 0 saturated heterocycles. The number of carboxylic acids is 1. The summed E-state index contributed by atoms with van der Waals surface area (Å²) in [6.45, 7) is 5.08. The first-order valence-electron chi connectivity index (χ1n) is 6.98. The first kappa shape index (κ1) is 18.7. The molecule has 9 heteroatoms. The summed E-state index contributed by atoms with van der Waals surface area (Å²) in [7, 11) is -3.70. The van der Waals surface area contributed by atoms with Crippen molar-refractivity contribution in [3.05, 3.63) is 0 Å².